The van der Waals surface area contributed by atoms with E-state index >= 15 is 0 Å². The van der Waals surface area contributed by atoms with Gasteiger partial charge >= 0.3 is 0 Å². The fraction of sp³-hybridized carbons (Fsp3) is 0.111. The summed E-state index contributed by atoms with van der Waals surface area (Å²) in [5.41, 5.74) is 3.49. The average molecular weight is 442 g/mol. The van der Waals surface area contributed by atoms with Crippen LogP contribution < -0.4 is 10.1 Å². The second kappa shape index (κ2) is 6.50. The summed E-state index contributed by atoms with van der Waals surface area (Å²) in [6, 6.07) is 13.8. The highest BCUT2D eigenvalue weighted by Gasteiger charge is 2.30. The minimum absolute atomic E-state index is 0.0345. The Morgan fingerprint density at radius 1 is 1.26 bits per heavy atom. The molecule has 1 aromatic heterocycles. The third-order valence-corrected chi connectivity index (χ3v) is 6.20. The summed E-state index contributed by atoms with van der Waals surface area (Å²) in [7, 11) is 0. The number of ether oxygens (including phenoxy) is 1. The molecule has 1 unspecified atom stereocenters. The van der Waals surface area contributed by atoms with Crippen molar-refractivity contribution in [1.29, 1.82) is 0 Å². The Morgan fingerprint density at radius 2 is 2.15 bits per heavy atom. The number of carbonyl (C=O) groups excluding carboxylic acids is 1. The fourth-order valence-electron chi connectivity index (χ4n) is 3.05. The van der Waals surface area contributed by atoms with Crippen molar-refractivity contribution in [3.63, 3.8) is 0 Å². The first-order chi connectivity index (χ1) is 13.2. The molecule has 3 aromatic rings. The highest BCUT2D eigenvalue weighted by Crippen LogP contribution is 2.43. The lowest BCUT2D eigenvalue weighted by Gasteiger charge is -2.25. The van der Waals surface area contributed by atoms with Gasteiger partial charge in [0.25, 0.3) is 5.91 Å². The molecule has 1 N–H and O–H groups in total. The van der Waals surface area contributed by atoms with Crippen molar-refractivity contribution in [3.8, 4) is 5.75 Å². The number of hydrogen-bond donors (Lipinski definition) is 1. The van der Waals surface area contributed by atoms with Crippen molar-refractivity contribution in [1.82, 2.24) is 14.9 Å². The monoisotopic (exact) mass is 441 g/mol. The number of rotatable bonds is 2. The zero-order valence-corrected chi connectivity index (χ0v) is 16.2. The second-order valence-electron chi connectivity index (χ2n) is 6.01. The SMILES string of the molecule is O=C1COc2ccc(C3=Nn4cnnc4SC3c3ccccc3Br)cc2N1. The van der Waals surface area contributed by atoms with Gasteiger partial charge in [-0.05, 0) is 29.8 Å². The van der Waals surface area contributed by atoms with E-state index in [2.05, 4.69) is 37.5 Å². The highest BCUT2D eigenvalue weighted by molar-refractivity contribution is 9.10. The third kappa shape index (κ3) is 2.92. The normalized spacial score (nSPS) is 18.0. The molecule has 3 heterocycles. The fourth-order valence-corrected chi connectivity index (χ4v) is 4.84. The summed E-state index contributed by atoms with van der Waals surface area (Å²) in [5, 5.41) is 16.4. The highest BCUT2D eigenvalue weighted by atomic mass is 79.9. The second-order valence-corrected chi connectivity index (χ2v) is 7.94. The van der Waals surface area contributed by atoms with Gasteiger partial charge in [-0.15, -0.1) is 10.2 Å². The van der Waals surface area contributed by atoms with E-state index in [4.69, 9.17) is 9.84 Å². The van der Waals surface area contributed by atoms with Gasteiger partial charge in [-0.1, -0.05) is 45.9 Å². The third-order valence-electron chi connectivity index (χ3n) is 4.28. The van der Waals surface area contributed by atoms with E-state index < -0.39 is 0 Å². The number of fused-ring (bicyclic) bond motifs is 2. The maximum atomic E-state index is 11.7. The molecule has 2 aliphatic heterocycles. The zero-order valence-electron chi connectivity index (χ0n) is 13.8. The molecule has 0 fully saturated rings. The number of amides is 1. The average Bonchev–Trinajstić information content (AvgIpc) is 3.14. The van der Waals surface area contributed by atoms with Crippen LogP contribution in [-0.2, 0) is 4.79 Å². The van der Waals surface area contributed by atoms with Crippen molar-refractivity contribution in [2.24, 2.45) is 5.10 Å². The summed E-state index contributed by atoms with van der Waals surface area (Å²) in [5.74, 6) is 0.493. The molecule has 9 heteroatoms. The molecule has 2 aromatic carbocycles. The lowest BCUT2D eigenvalue weighted by molar-refractivity contribution is -0.118. The van der Waals surface area contributed by atoms with Crippen LogP contribution in [0.5, 0.6) is 5.75 Å². The van der Waals surface area contributed by atoms with Crippen LogP contribution in [0.3, 0.4) is 0 Å². The van der Waals surface area contributed by atoms with E-state index in [1.807, 2.05) is 36.4 Å². The quantitative estimate of drug-likeness (QED) is 0.658. The van der Waals surface area contributed by atoms with Gasteiger partial charge in [-0.3, -0.25) is 4.79 Å². The van der Waals surface area contributed by atoms with Crippen LogP contribution in [0, 0.1) is 0 Å². The first-order valence-corrected chi connectivity index (χ1v) is 9.83. The summed E-state index contributed by atoms with van der Waals surface area (Å²) in [4.78, 5) is 11.7. The summed E-state index contributed by atoms with van der Waals surface area (Å²) in [6.45, 7) is 0.0345. The predicted molar refractivity (Wildman–Crippen MR) is 105 cm³/mol. The number of hydrogen-bond acceptors (Lipinski definition) is 6. The van der Waals surface area contributed by atoms with Crippen LogP contribution in [0.1, 0.15) is 16.4 Å². The summed E-state index contributed by atoms with van der Waals surface area (Å²) >= 11 is 5.22. The lowest BCUT2D eigenvalue weighted by Crippen LogP contribution is -2.26. The number of nitrogens with zero attached hydrogens (tertiary/aromatic N) is 4. The Kier molecular flexibility index (Phi) is 3.98. The van der Waals surface area contributed by atoms with Gasteiger partial charge in [0.05, 0.1) is 16.6 Å². The molecule has 1 amide bonds. The molecule has 1 atom stereocenters. The molecule has 0 saturated carbocycles. The molecule has 0 bridgehead atoms. The first-order valence-electron chi connectivity index (χ1n) is 8.16. The summed E-state index contributed by atoms with van der Waals surface area (Å²) < 4.78 is 8.13. The van der Waals surface area contributed by atoms with Crippen LogP contribution in [0.4, 0.5) is 5.69 Å². The molecule has 0 spiro atoms. The molecule has 2 aliphatic rings. The van der Waals surface area contributed by atoms with Crippen LogP contribution in [0.25, 0.3) is 0 Å². The number of anilines is 1. The van der Waals surface area contributed by atoms with Crippen LogP contribution >= 0.6 is 27.7 Å². The molecule has 5 rings (SSSR count). The summed E-state index contributed by atoms with van der Waals surface area (Å²) in [6.07, 6.45) is 1.59. The lowest BCUT2D eigenvalue weighted by atomic mass is 10.0. The Morgan fingerprint density at radius 3 is 3.04 bits per heavy atom. The van der Waals surface area contributed by atoms with Crippen LogP contribution in [0.15, 0.2) is 63.5 Å². The number of halogens is 1. The molecule has 7 nitrogen and oxygen atoms in total. The van der Waals surface area contributed by atoms with Gasteiger partial charge in [-0.25, -0.2) is 0 Å². The molecule has 27 heavy (non-hydrogen) atoms. The van der Waals surface area contributed by atoms with Crippen molar-refractivity contribution >= 4 is 45.0 Å². The molecule has 0 saturated heterocycles. The number of aromatic nitrogens is 3. The van der Waals surface area contributed by atoms with Crippen molar-refractivity contribution < 1.29 is 9.53 Å². The van der Waals surface area contributed by atoms with E-state index in [-0.39, 0.29) is 17.8 Å². The molecular weight excluding hydrogens is 430 g/mol. The Bertz CT molecular complexity index is 1100. The van der Waals surface area contributed by atoms with E-state index in [0.29, 0.717) is 11.4 Å². The zero-order chi connectivity index (χ0) is 18.4. The Balaban J connectivity index is 1.64. The van der Waals surface area contributed by atoms with Gasteiger partial charge in [0, 0.05) is 10.0 Å². The minimum atomic E-state index is -0.164. The standard InChI is InChI=1S/C18H12BrN5O2S/c19-12-4-2-1-3-11(12)17-16(23-24-9-20-22-18(24)27-17)10-5-6-14-13(7-10)21-15(25)8-26-14/h1-7,9,17H,8H2,(H,21,25). The number of thioether (sulfide) groups is 1. The number of benzene rings is 2. The van der Waals surface area contributed by atoms with Gasteiger partial charge in [-0.2, -0.15) is 9.78 Å². The van der Waals surface area contributed by atoms with Crippen molar-refractivity contribution in [2.75, 3.05) is 11.9 Å². The smallest absolute Gasteiger partial charge is 0.262 e. The maximum absolute atomic E-state index is 11.7. The minimum Gasteiger partial charge on any atom is -0.482 e. The van der Waals surface area contributed by atoms with E-state index in [9.17, 15) is 4.79 Å². The van der Waals surface area contributed by atoms with Crippen LogP contribution in [-0.4, -0.2) is 33.1 Å². The Labute approximate surface area is 167 Å². The predicted octanol–water partition coefficient (Wildman–Crippen LogP) is 3.47. The van der Waals surface area contributed by atoms with Gasteiger partial charge < -0.3 is 10.1 Å². The largest absolute Gasteiger partial charge is 0.482 e. The van der Waals surface area contributed by atoms with E-state index in [1.54, 1.807) is 22.8 Å². The van der Waals surface area contributed by atoms with E-state index in [0.717, 1.165) is 26.5 Å². The van der Waals surface area contributed by atoms with Gasteiger partial charge in [0.15, 0.2) is 6.61 Å². The van der Waals surface area contributed by atoms with Crippen molar-refractivity contribution in [3.05, 3.63) is 64.4 Å². The first kappa shape index (κ1) is 16.5. The molecule has 0 radical (unpaired) electrons. The molecule has 134 valence electrons. The van der Waals surface area contributed by atoms with E-state index in [1.165, 1.54) is 0 Å². The Hall–Kier alpha value is -2.65. The van der Waals surface area contributed by atoms with Gasteiger partial charge in [0.2, 0.25) is 5.16 Å². The van der Waals surface area contributed by atoms with Crippen molar-refractivity contribution in [2.45, 2.75) is 10.4 Å². The molecular formula is C18H12BrN5O2S. The number of nitrogens with one attached hydrogen (secondary N) is 1. The topological polar surface area (TPSA) is 81.4 Å². The molecule has 0 aliphatic carbocycles. The maximum Gasteiger partial charge on any atom is 0.262 e. The van der Waals surface area contributed by atoms with Gasteiger partial charge in [0.1, 0.15) is 12.1 Å². The van der Waals surface area contributed by atoms with Crippen LogP contribution in [0.2, 0.25) is 0 Å². The number of carbonyl (C=O) groups is 1.